The minimum atomic E-state index is -0.723. The molecule has 19 heavy (non-hydrogen) atoms. The topological polar surface area (TPSA) is 65.0 Å². The number of carbonyl (C=O) groups is 1. The molecule has 0 amide bonds. The average Bonchev–Trinajstić information content (AvgIpc) is 2.43. The van der Waals surface area contributed by atoms with E-state index in [9.17, 15) is 9.90 Å². The van der Waals surface area contributed by atoms with Crippen LogP contribution in [0.2, 0.25) is 0 Å². The highest BCUT2D eigenvalue weighted by Crippen LogP contribution is 2.12. The summed E-state index contributed by atoms with van der Waals surface area (Å²) in [6, 6.07) is 6.76. The molecule has 5 heteroatoms. The summed E-state index contributed by atoms with van der Waals surface area (Å²) >= 11 is 0. The van der Waals surface area contributed by atoms with E-state index in [-0.39, 0.29) is 19.3 Å². The Morgan fingerprint density at radius 1 is 1.32 bits per heavy atom. The lowest BCUT2D eigenvalue weighted by atomic mass is 10.2. The fraction of sp³-hybridized carbons (Fsp3) is 0.500. The highest BCUT2D eigenvalue weighted by Gasteiger charge is 2.09. The first kappa shape index (κ1) is 15.6. The third-order valence-corrected chi connectivity index (χ3v) is 2.41. The van der Waals surface area contributed by atoms with Crippen LogP contribution in [-0.2, 0) is 9.47 Å². The summed E-state index contributed by atoms with van der Waals surface area (Å²) in [6.07, 6.45) is -0.0454. The molecule has 1 N–H and O–H groups in total. The lowest BCUT2D eigenvalue weighted by molar-refractivity contribution is -0.0423. The van der Waals surface area contributed by atoms with Crippen molar-refractivity contribution in [1.82, 2.24) is 0 Å². The van der Waals surface area contributed by atoms with E-state index in [1.54, 1.807) is 31.4 Å². The number of hydrogen-bond acceptors (Lipinski definition) is 5. The first-order chi connectivity index (χ1) is 9.15. The van der Waals surface area contributed by atoms with Crippen molar-refractivity contribution in [3.05, 3.63) is 29.8 Å². The van der Waals surface area contributed by atoms with Crippen LogP contribution in [0.4, 0.5) is 0 Å². The highest BCUT2D eigenvalue weighted by molar-refractivity contribution is 5.75. The van der Waals surface area contributed by atoms with Crippen LogP contribution in [0.15, 0.2) is 24.3 Å². The van der Waals surface area contributed by atoms with Gasteiger partial charge in [-0.05, 0) is 19.1 Å². The van der Waals surface area contributed by atoms with Crippen molar-refractivity contribution in [2.24, 2.45) is 0 Å². The van der Waals surface area contributed by atoms with E-state index in [0.29, 0.717) is 17.9 Å². The molecule has 0 aliphatic carbocycles. The van der Waals surface area contributed by atoms with E-state index in [1.165, 1.54) is 0 Å². The van der Waals surface area contributed by atoms with Gasteiger partial charge in [0.15, 0.2) is 0 Å². The summed E-state index contributed by atoms with van der Waals surface area (Å²) in [5.74, 6) is 0.550. The van der Waals surface area contributed by atoms with Crippen molar-refractivity contribution in [1.29, 1.82) is 0 Å². The molecule has 0 radical (unpaired) electrons. The fourth-order valence-corrected chi connectivity index (χ4v) is 1.48. The second-order valence-electron chi connectivity index (χ2n) is 4.25. The van der Waals surface area contributed by atoms with Gasteiger partial charge in [0.2, 0.25) is 0 Å². The summed E-state index contributed by atoms with van der Waals surface area (Å²) < 4.78 is 15.7. The van der Waals surface area contributed by atoms with Gasteiger partial charge >= 0.3 is 0 Å². The minimum Gasteiger partial charge on any atom is -0.491 e. The molecule has 1 aromatic rings. The highest BCUT2D eigenvalue weighted by atomic mass is 16.5. The smallest absolute Gasteiger partial charge is 0.150 e. The van der Waals surface area contributed by atoms with Crippen LogP contribution in [0.1, 0.15) is 17.3 Å². The SMILES string of the molecule is COCC(C)OCC(O)COc1cccc(C=O)c1. The maximum absolute atomic E-state index is 10.6. The number of aliphatic hydroxyl groups excluding tert-OH is 1. The fourth-order valence-electron chi connectivity index (χ4n) is 1.48. The van der Waals surface area contributed by atoms with Crippen LogP contribution < -0.4 is 4.74 Å². The van der Waals surface area contributed by atoms with Crippen molar-refractivity contribution < 1.29 is 24.1 Å². The number of carbonyl (C=O) groups excluding carboxylic acids is 1. The molecular weight excluding hydrogens is 248 g/mol. The van der Waals surface area contributed by atoms with Crippen LogP contribution >= 0.6 is 0 Å². The van der Waals surface area contributed by atoms with Gasteiger partial charge in [-0.15, -0.1) is 0 Å². The molecule has 2 unspecified atom stereocenters. The molecule has 0 fully saturated rings. The van der Waals surface area contributed by atoms with E-state index in [4.69, 9.17) is 14.2 Å². The Balaban J connectivity index is 2.29. The third-order valence-electron chi connectivity index (χ3n) is 2.41. The van der Waals surface area contributed by atoms with Gasteiger partial charge in [0.1, 0.15) is 24.7 Å². The molecule has 0 spiro atoms. The Hall–Kier alpha value is -1.43. The van der Waals surface area contributed by atoms with Gasteiger partial charge in [-0.25, -0.2) is 0 Å². The molecule has 2 atom stereocenters. The second kappa shape index (κ2) is 8.63. The van der Waals surface area contributed by atoms with Crippen LogP contribution in [-0.4, -0.2) is 50.5 Å². The molecule has 0 bridgehead atoms. The van der Waals surface area contributed by atoms with Crippen LogP contribution in [0.25, 0.3) is 0 Å². The molecule has 0 heterocycles. The summed E-state index contributed by atoms with van der Waals surface area (Å²) in [5, 5.41) is 9.69. The van der Waals surface area contributed by atoms with Crippen LogP contribution in [0, 0.1) is 0 Å². The zero-order valence-electron chi connectivity index (χ0n) is 11.2. The summed E-state index contributed by atoms with van der Waals surface area (Å²) in [7, 11) is 1.60. The number of methoxy groups -OCH3 is 1. The van der Waals surface area contributed by atoms with E-state index >= 15 is 0 Å². The summed E-state index contributed by atoms with van der Waals surface area (Å²) in [5.41, 5.74) is 0.539. The quantitative estimate of drug-likeness (QED) is 0.684. The Morgan fingerprint density at radius 2 is 2.11 bits per heavy atom. The van der Waals surface area contributed by atoms with Crippen molar-refractivity contribution in [3.8, 4) is 5.75 Å². The zero-order chi connectivity index (χ0) is 14.1. The van der Waals surface area contributed by atoms with Gasteiger partial charge in [0.05, 0.1) is 19.3 Å². The molecule has 0 saturated heterocycles. The van der Waals surface area contributed by atoms with Gasteiger partial charge in [-0.1, -0.05) is 12.1 Å². The summed E-state index contributed by atoms with van der Waals surface area (Å²) in [6.45, 7) is 2.64. The van der Waals surface area contributed by atoms with Crippen molar-refractivity contribution >= 4 is 6.29 Å². The Morgan fingerprint density at radius 3 is 2.79 bits per heavy atom. The Kier molecular flexibility index (Phi) is 7.10. The van der Waals surface area contributed by atoms with E-state index in [2.05, 4.69) is 0 Å². The standard InChI is InChI=1S/C14H20O5/c1-11(8-17-2)18-9-13(16)10-19-14-5-3-4-12(6-14)7-15/h3-7,11,13,16H,8-10H2,1-2H3. The van der Waals surface area contributed by atoms with Gasteiger partial charge in [-0.3, -0.25) is 4.79 Å². The zero-order valence-corrected chi connectivity index (χ0v) is 11.2. The number of aliphatic hydroxyl groups is 1. The Bertz CT molecular complexity index is 380. The molecular formula is C14H20O5. The third kappa shape index (κ3) is 6.33. The average molecular weight is 268 g/mol. The monoisotopic (exact) mass is 268 g/mol. The van der Waals surface area contributed by atoms with Gasteiger partial charge in [0.25, 0.3) is 0 Å². The predicted octanol–water partition coefficient (Wildman–Crippen LogP) is 1.29. The van der Waals surface area contributed by atoms with E-state index in [0.717, 1.165) is 6.29 Å². The predicted molar refractivity (Wildman–Crippen MR) is 70.6 cm³/mol. The first-order valence-electron chi connectivity index (χ1n) is 6.12. The van der Waals surface area contributed by atoms with Gasteiger partial charge in [-0.2, -0.15) is 0 Å². The molecule has 1 aromatic carbocycles. The molecule has 5 nitrogen and oxygen atoms in total. The maximum atomic E-state index is 10.6. The normalized spacial score (nSPS) is 13.8. The van der Waals surface area contributed by atoms with Crippen LogP contribution in [0.5, 0.6) is 5.75 Å². The van der Waals surface area contributed by atoms with Gasteiger partial charge in [0, 0.05) is 12.7 Å². The number of aldehydes is 1. The minimum absolute atomic E-state index is 0.0713. The maximum Gasteiger partial charge on any atom is 0.150 e. The molecule has 0 aliphatic rings. The van der Waals surface area contributed by atoms with Crippen molar-refractivity contribution in [3.63, 3.8) is 0 Å². The lowest BCUT2D eigenvalue weighted by Gasteiger charge is -2.16. The molecule has 1 rings (SSSR count). The largest absolute Gasteiger partial charge is 0.491 e. The lowest BCUT2D eigenvalue weighted by Crippen LogP contribution is -2.27. The van der Waals surface area contributed by atoms with Crippen molar-refractivity contribution in [2.45, 2.75) is 19.1 Å². The van der Waals surface area contributed by atoms with Crippen molar-refractivity contribution in [2.75, 3.05) is 26.9 Å². The van der Waals surface area contributed by atoms with E-state index < -0.39 is 6.10 Å². The van der Waals surface area contributed by atoms with Crippen LogP contribution in [0.3, 0.4) is 0 Å². The first-order valence-corrected chi connectivity index (χ1v) is 6.12. The van der Waals surface area contributed by atoms with Gasteiger partial charge < -0.3 is 19.3 Å². The molecule has 0 saturated carbocycles. The Labute approximate surface area is 113 Å². The summed E-state index contributed by atoms with van der Waals surface area (Å²) in [4.78, 5) is 10.6. The number of hydrogen-bond donors (Lipinski definition) is 1. The van der Waals surface area contributed by atoms with E-state index in [1.807, 2.05) is 6.92 Å². The number of ether oxygens (including phenoxy) is 3. The molecule has 0 aliphatic heterocycles. The second-order valence-corrected chi connectivity index (χ2v) is 4.25. The molecule has 106 valence electrons. The number of rotatable bonds is 9. The number of benzene rings is 1. The molecule has 0 aromatic heterocycles.